The molecule has 1 N–H and O–H groups in total. The summed E-state index contributed by atoms with van der Waals surface area (Å²) in [6.45, 7) is 3.82. The molecule has 0 aromatic rings. The number of carbonyl (C=O) groups is 2. The van der Waals surface area contributed by atoms with Gasteiger partial charge < -0.3 is 15.0 Å². The third-order valence-corrected chi connectivity index (χ3v) is 3.44. The summed E-state index contributed by atoms with van der Waals surface area (Å²) in [5, 5.41) is 2.77. The Bertz CT molecular complexity index is 308. The molecule has 2 saturated heterocycles. The lowest BCUT2D eigenvalue weighted by Crippen LogP contribution is -2.42. The van der Waals surface area contributed by atoms with Gasteiger partial charge in [-0.25, -0.2) is 4.79 Å². The molecule has 6 nitrogen and oxygen atoms in total. The molecule has 1 unspecified atom stereocenters. The van der Waals surface area contributed by atoms with Crippen LogP contribution in [0.4, 0.5) is 4.79 Å². The van der Waals surface area contributed by atoms with Gasteiger partial charge in [-0.3, -0.25) is 9.69 Å². The van der Waals surface area contributed by atoms with Crippen molar-refractivity contribution in [2.24, 2.45) is 0 Å². The van der Waals surface area contributed by atoms with Gasteiger partial charge in [0, 0.05) is 26.2 Å². The monoisotopic (exact) mass is 241 g/mol. The van der Waals surface area contributed by atoms with E-state index in [0.29, 0.717) is 6.54 Å². The van der Waals surface area contributed by atoms with Gasteiger partial charge in [0.1, 0.15) is 6.04 Å². The topological polar surface area (TPSA) is 61.9 Å². The van der Waals surface area contributed by atoms with Crippen LogP contribution < -0.4 is 5.32 Å². The molecule has 6 heteroatoms. The quantitative estimate of drug-likeness (QED) is 0.683. The maximum Gasteiger partial charge on any atom is 0.323 e. The number of likely N-dealkylation sites (tertiary alicyclic amines) is 1. The highest BCUT2D eigenvalue weighted by Gasteiger charge is 2.32. The smallest absolute Gasteiger partial charge is 0.323 e. The minimum absolute atomic E-state index is 0.00110. The highest BCUT2D eigenvalue weighted by molar-refractivity contribution is 5.76. The first-order valence-corrected chi connectivity index (χ1v) is 6.07. The van der Waals surface area contributed by atoms with Gasteiger partial charge >= 0.3 is 12.0 Å². The fourth-order valence-corrected chi connectivity index (χ4v) is 2.47. The van der Waals surface area contributed by atoms with E-state index >= 15 is 0 Å². The van der Waals surface area contributed by atoms with E-state index in [-0.39, 0.29) is 18.0 Å². The SMILES string of the molecule is COC(=O)C1CCCN1CCN1CCNC1=O. The second-order valence-electron chi connectivity index (χ2n) is 4.44. The Hall–Kier alpha value is -1.30. The van der Waals surface area contributed by atoms with Crippen LogP contribution in [0.15, 0.2) is 0 Å². The van der Waals surface area contributed by atoms with Crippen LogP contribution in [0.2, 0.25) is 0 Å². The Morgan fingerprint density at radius 3 is 2.94 bits per heavy atom. The molecular formula is C11H19N3O3. The van der Waals surface area contributed by atoms with Crippen LogP contribution in [0.3, 0.4) is 0 Å². The van der Waals surface area contributed by atoms with Crippen molar-refractivity contribution in [1.29, 1.82) is 0 Å². The molecule has 2 aliphatic heterocycles. The van der Waals surface area contributed by atoms with Crippen LogP contribution in [-0.4, -0.2) is 67.7 Å². The van der Waals surface area contributed by atoms with Gasteiger partial charge in [-0.15, -0.1) is 0 Å². The number of hydrogen-bond donors (Lipinski definition) is 1. The molecule has 2 rings (SSSR count). The van der Waals surface area contributed by atoms with Gasteiger partial charge in [0.2, 0.25) is 0 Å². The molecule has 2 amide bonds. The van der Waals surface area contributed by atoms with E-state index in [9.17, 15) is 9.59 Å². The van der Waals surface area contributed by atoms with E-state index in [0.717, 1.165) is 39.0 Å². The highest BCUT2D eigenvalue weighted by Crippen LogP contribution is 2.18. The zero-order valence-corrected chi connectivity index (χ0v) is 10.1. The van der Waals surface area contributed by atoms with Crippen molar-refractivity contribution in [3.63, 3.8) is 0 Å². The summed E-state index contributed by atoms with van der Waals surface area (Å²) in [7, 11) is 1.42. The van der Waals surface area contributed by atoms with Crippen molar-refractivity contribution >= 4 is 12.0 Å². The number of nitrogens with one attached hydrogen (secondary N) is 1. The zero-order chi connectivity index (χ0) is 12.3. The molecule has 0 aromatic carbocycles. The maximum absolute atomic E-state index is 11.5. The van der Waals surface area contributed by atoms with Crippen molar-refractivity contribution < 1.29 is 14.3 Å². The molecule has 0 spiro atoms. The average Bonchev–Trinajstić information content (AvgIpc) is 2.94. The Balaban J connectivity index is 1.81. The third kappa shape index (κ3) is 2.69. The number of esters is 1. The lowest BCUT2D eigenvalue weighted by Gasteiger charge is -2.24. The Morgan fingerprint density at radius 2 is 2.29 bits per heavy atom. The third-order valence-electron chi connectivity index (χ3n) is 3.44. The summed E-state index contributed by atoms with van der Waals surface area (Å²) in [6, 6.07) is -0.121. The van der Waals surface area contributed by atoms with Crippen molar-refractivity contribution in [3.8, 4) is 0 Å². The number of methoxy groups -OCH3 is 1. The number of amides is 2. The summed E-state index contributed by atoms with van der Waals surface area (Å²) < 4.78 is 4.78. The average molecular weight is 241 g/mol. The number of urea groups is 1. The van der Waals surface area contributed by atoms with Crippen molar-refractivity contribution in [3.05, 3.63) is 0 Å². The molecule has 2 heterocycles. The number of rotatable bonds is 4. The van der Waals surface area contributed by atoms with Crippen molar-refractivity contribution in [2.45, 2.75) is 18.9 Å². The lowest BCUT2D eigenvalue weighted by atomic mass is 10.2. The highest BCUT2D eigenvalue weighted by atomic mass is 16.5. The first-order valence-electron chi connectivity index (χ1n) is 6.07. The second kappa shape index (κ2) is 5.35. The first-order chi connectivity index (χ1) is 8.22. The zero-order valence-electron chi connectivity index (χ0n) is 10.1. The number of nitrogens with zero attached hydrogens (tertiary/aromatic N) is 2. The molecule has 0 bridgehead atoms. The van der Waals surface area contributed by atoms with Gasteiger partial charge in [0.15, 0.2) is 0 Å². The fraction of sp³-hybridized carbons (Fsp3) is 0.818. The minimum atomic E-state index is -0.159. The molecule has 0 saturated carbocycles. The molecular weight excluding hydrogens is 222 g/mol. The summed E-state index contributed by atoms with van der Waals surface area (Å²) in [5.41, 5.74) is 0. The largest absolute Gasteiger partial charge is 0.468 e. The van der Waals surface area contributed by atoms with Crippen molar-refractivity contribution in [1.82, 2.24) is 15.1 Å². The Labute approximate surface area is 101 Å². The summed E-state index contributed by atoms with van der Waals surface area (Å²) in [5.74, 6) is -0.159. The molecule has 2 aliphatic rings. The number of hydrogen-bond acceptors (Lipinski definition) is 4. The van der Waals surface area contributed by atoms with Crippen LogP contribution in [0, 0.1) is 0 Å². The number of ether oxygens (including phenoxy) is 1. The maximum atomic E-state index is 11.5. The molecule has 0 radical (unpaired) electrons. The van der Waals surface area contributed by atoms with Gasteiger partial charge in [-0.1, -0.05) is 0 Å². The summed E-state index contributed by atoms with van der Waals surface area (Å²) in [4.78, 5) is 26.8. The standard InChI is InChI=1S/C11H19N3O3/c1-17-10(15)9-3-2-5-13(9)7-8-14-6-4-12-11(14)16/h9H,2-8H2,1H3,(H,12,16). The molecule has 2 fully saturated rings. The van der Waals surface area contributed by atoms with Crippen LogP contribution >= 0.6 is 0 Å². The van der Waals surface area contributed by atoms with Crippen LogP contribution in [0.25, 0.3) is 0 Å². The van der Waals surface area contributed by atoms with E-state index < -0.39 is 0 Å². The molecule has 17 heavy (non-hydrogen) atoms. The Morgan fingerprint density at radius 1 is 1.47 bits per heavy atom. The van der Waals surface area contributed by atoms with Crippen LogP contribution in [-0.2, 0) is 9.53 Å². The molecule has 0 aromatic heterocycles. The van der Waals surface area contributed by atoms with E-state index in [1.807, 2.05) is 0 Å². The number of carbonyl (C=O) groups excluding carboxylic acids is 2. The van der Waals surface area contributed by atoms with Gasteiger partial charge in [0.25, 0.3) is 0 Å². The summed E-state index contributed by atoms with van der Waals surface area (Å²) >= 11 is 0. The van der Waals surface area contributed by atoms with Gasteiger partial charge in [0.05, 0.1) is 7.11 Å². The predicted octanol–water partition coefficient (Wildman–Crippen LogP) is -0.351. The van der Waals surface area contributed by atoms with Gasteiger partial charge in [-0.05, 0) is 19.4 Å². The first kappa shape index (κ1) is 12.2. The lowest BCUT2D eigenvalue weighted by molar-refractivity contribution is -0.145. The van der Waals surface area contributed by atoms with Crippen LogP contribution in [0.1, 0.15) is 12.8 Å². The fourth-order valence-electron chi connectivity index (χ4n) is 2.47. The molecule has 96 valence electrons. The van der Waals surface area contributed by atoms with Gasteiger partial charge in [-0.2, -0.15) is 0 Å². The normalized spacial score (nSPS) is 25.1. The van der Waals surface area contributed by atoms with E-state index in [4.69, 9.17) is 4.74 Å². The minimum Gasteiger partial charge on any atom is -0.468 e. The van der Waals surface area contributed by atoms with E-state index in [1.165, 1.54) is 7.11 Å². The van der Waals surface area contributed by atoms with E-state index in [1.54, 1.807) is 4.90 Å². The molecule has 1 atom stereocenters. The second-order valence-corrected chi connectivity index (χ2v) is 4.44. The molecule has 0 aliphatic carbocycles. The van der Waals surface area contributed by atoms with E-state index in [2.05, 4.69) is 10.2 Å². The summed E-state index contributed by atoms with van der Waals surface area (Å²) in [6.07, 6.45) is 1.88. The van der Waals surface area contributed by atoms with Crippen molar-refractivity contribution in [2.75, 3.05) is 39.8 Å². The predicted molar refractivity (Wildman–Crippen MR) is 61.6 cm³/mol. The Kier molecular flexibility index (Phi) is 3.83. The van der Waals surface area contributed by atoms with Crippen LogP contribution in [0.5, 0.6) is 0 Å².